The second kappa shape index (κ2) is 21.9. The molecule has 6 aromatic rings. The van der Waals surface area contributed by atoms with Gasteiger partial charge in [0.2, 0.25) is 0 Å². The molecule has 2 saturated heterocycles. The van der Waals surface area contributed by atoms with Crippen molar-refractivity contribution < 1.29 is 32.6 Å². The molecule has 4 aliphatic heterocycles. The summed E-state index contributed by atoms with van der Waals surface area (Å²) in [6, 6.07) is 18.0. The Morgan fingerprint density at radius 3 is 1.90 bits per heavy atom. The molecule has 370 valence electrons. The zero-order valence-electron chi connectivity index (χ0n) is 40.3. The number of rotatable bonds is 5. The van der Waals surface area contributed by atoms with E-state index in [9.17, 15) is 23.2 Å². The number of amides is 3. The second-order valence-corrected chi connectivity index (χ2v) is 19.1. The number of pyridine rings is 2. The summed E-state index contributed by atoms with van der Waals surface area (Å²) in [6.07, 6.45) is 7.91. The van der Waals surface area contributed by atoms with Crippen molar-refractivity contribution in [2.45, 2.75) is 71.4 Å². The first-order valence-electron chi connectivity index (χ1n) is 23.9. The number of hydrogen-bond donors (Lipinski definition) is 0. The lowest BCUT2D eigenvalue weighted by Gasteiger charge is -2.27. The van der Waals surface area contributed by atoms with Crippen LogP contribution in [0.1, 0.15) is 45.0 Å². The van der Waals surface area contributed by atoms with Crippen LogP contribution in [0, 0.1) is 35.3 Å². The zero-order valence-corrected chi connectivity index (χ0v) is 41.0. The first-order chi connectivity index (χ1) is 34.8. The van der Waals surface area contributed by atoms with Crippen LogP contribution >= 0.6 is 11.6 Å². The van der Waals surface area contributed by atoms with Crippen molar-refractivity contribution in [3.63, 3.8) is 0 Å². The summed E-state index contributed by atoms with van der Waals surface area (Å²) in [7, 11) is 0. The van der Waals surface area contributed by atoms with E-state index in [-0.39, 0.29) is 23.7 Å². The summed E-state index contributed by atoms with van der Waals surface area (Å²) in [4.78, 5) is 54.0. The van der Waals surface area contributed by atoms with Gasteiger partial charge in [0.05, 0.1) is 63.4 Å². The average molecular weight is 996 g/mol. The highest BCUT2D eigenvalue weighted by Crippen LogP contribution is 2.39. The molecule has 10 rings (SSSR count). The van der Waals surface area contributed by atoms with Gasteiger partial charge >= 0.3 is 6.09 Å². The van der Waals surface area contributed by atoms with Crippen LogP contribution in [0.4, 0.5) is 13.6 Å². The summed E-state index contributed by atoms with van der Waals surface area (Å²) < 4.78 is 43.1. The van der Waals surface area contributed by atoms with Gasteiger partial charge < -0.3 is 19.3 Å². The lowest BCUT2D eigenvalue weighted by Crippen LogP contribution is -2.40. The molecule has 0 bridgehead atoms. The summed E-state index contributed by atoms with van der Waals surface area (Å²) >= 11 is 5.97. The lowest BCUT2D eigenvalue weighted by atomic mass is 9.98. The fraction of sp³-hybridized carbons (Fsp3) is 0.352. The molecule has 0 unspecified atom stereocenters. The van der Waals surface area contributed by atoms with Crippen LogP contribution in [0.15, 0.2) is 91.5 Å². The molecule has 15 nitrogen and oxygen atoms in total. The van der Waals surface area contributed by atoms with Crippen molar-refractivity contribution in [2.24, 2.45) is 0 Å². The van der Waals surface area contributed by atoms with Crippen LogP contribution < -0.4 is 0 Å². The fourth-order valence-corrected chi connectivity index (χ4v) is 9.21. The standard InChI is InChI=1S/C29H30FN5O3.C25H23ClFN5O2/c1-29(2,3)38-28(37)34-16-4-5-23(34)10-11-25(36)33-17-18-35-24(19-33)26(20-12-14-31-15-13-20)27(32-35)21-6-8-22(30)9-7-21;26-19-3-4-20(21(27)16-19)25-24(18-5-7-28-8-6-18)22-17-31(10-11-32(22)29-25)23(33)2-1-9-30-12-14-34-15-13-30/h6-9,12-15,23H,4-5,16-19H2,1-3H3;3-8,16H,9-15,17H2/t23-;/m1./s1. The molecule has 0 N–H and O–H groups in total. The van der Waals surface area contributed by atoms with Gasteiger partial charge in [-0.25, -0.2) is 13.6 Å². The van der Waals surface area contributed by atoms with Crippen molar-refractivity contribution >= 4 is 29.5 Å². The van der Waals surface area contributed by atoms with E-state index in [0.717, 1.165) is 64.4 Å². The van der Waals surface area contributed by atoms with E-state index in [2.05, 4.69) is 38.5 Å². The molecule has 0 aliphatic carbocycles. The molecule has 18 heteroatoms. The third kappa shape index (κ3) is 11.5. The molecule has 72 heavy (non-hydrogen) atoms. The number of morpholine rings is 1. The van der Waals surface area contributed by atoms with E-state index in [4.69, 9.17) is 31.3 Å². The summed E-state index contributed by atoms with van der Waals surface area (Å²) in [5, 5.41) is 9.88. The maximum absolute atomic E-state index is 14.9. The van der Waals surface area contributed by atoms with Gasteiger partial charge in [-0.2, -0.15) is 10.2 Å². The lowest BCUT2D eigenvalue weighted by molar-refractivity contribution is -0.127. The van der Waals surface area contributed by atoms with E-state index in [1.807, 2.05) is 54.4 Å². The Morgan fingerprint density at radius 1 is 0.722 bits per heavy atom. The molecule has 1 atom stereocenters. The van der Waals surface area contributed by atoms with Gasteiger partial charge in [0.25, 0.3) is 11.8 Å². The molecule has 0 radical (unpaired) electrons. The number of benzene rings is 2. The molecule has 2 fully saturated rings. The minimum absolute atomic E-state index is 0.222. The largest absolute Gasteiger partial charge is 0.444 e. The van der Waals surface area contributed by atoms with Crippen molar-refractivity contribution in [2.75, 3.05) is 52.5 Å². The highest BCUT2D eigenvalue weighted by Gasteiger charge is 2.33. The number of carbonyl (C=O) groups is 3. The number of nitrogens with zero attached hydrogens (tertiary/aromatic N) is 10. The SMILES string of the molecule is CC(C)(C)OC(=O)N1CCC[C@@H]1C#CC(=O)N1CCn2nc(-c3ccc(F)cc3)c(-c3ccncc3)c2C1.O=C(C#CCN1CCOCC1)N1CCn2nc(-c3ccc(Cl)cc3F)c(-c3ccncc3)c2C1. The summed E-state index contributed by atoms with van der Waals surface area (Å²) in [6.45, 7) is 12.3. The van der Waals surface area contributed by atoms with Gasteiger partial charge in [-0.3, -0.25) is 38.7 Å². The van der Waals surface area contributed by atoms with E-state index < -0.39 is 17.5 Å². The van der Waals surface area contributed by atoms with Gasteiger partial charge in [0.1, 0.15) is 28.6 Å². The van der Waals surface area contributed by atoms with E-state index in [1.165, 1.54) is 18.2 Å². The van der Waals surface area contributed by atoms with Crippen molar-refractivity contribution in [1.29, 1.82) is 0 Å². The zero-order chi connectivity index (χ0) is 50.4. The summed E-state index contributed by atoms with van der Waals surface area (Å²) in [5.41, 5.74) is 6.96. The molecule has 4 aliphatic rings. The topological polar surface area (TPSA) is 144 Å². The van der Waals surface area contributed by atoms with E-state index in [0.29, 0.717) is 88.3 Å². The second-order valence-electron chi connectivity index (χ2n) is 18.6. The number of ether oxygens (including phenoxy) is 2. The van der Waals surface area contributed by atoms with Crippen LogP contribution in [-0.2, 0) is 45.2 Å². The smallest absolute Gasteiger partial charge is 0.411 e. The fourth-order valence-electron chi connectivity index (χ4n) is 9.05. The average Bonchev–Trinajstić information content (AvgIpc) is 4.12. The van der Waals surface area contributed by atoms with Gasteiger partial charge in [-0.1, -0.05) is 23.4 Å². The minimum atomic E-state index is -0.594. The third-order valence-electron chi connectivity index (χ3n) is 12.6. The van der Waals surface area contributed by atoms with Gasteiger partial charge in [0, 0.05) is 84.8 Å². The minimum Gasteiger partial charge on any atom is -0.444 e. The first-order valence-corrected chi connectivity index (χ1v) is 24.3. The maximum atomic E-state index is 14.9. The first kappa shape index (κ1) is 49.5. The molecular weight excluding hydrogens is 942 g/mol. The van der Waals surface area contributed by atoms with Crippen molar-refractivity contribution in [1.82, 2.24) is 49.1 Å². The Balaban J connectivity index is 0.000000179. The van der Waals surface area contributed by atoms with Crippen LogP contribution in [0.2, 0.25) is 5.02 Å². The predicted molar refractivity (Wildman–Crippen MR) is 266 cm³/mol. The maximum Gasteiger partial charge on any atom is 0.411 e. The number of fused-ring (bicyclic) bond motifs is 2. The van der Waals surface area contributed by atoms with Crippen LogP contribution in [0.5, 0.6) is 0 Å². The highest BCUT2D eigenvalue weighted by molar-refractivity contribution is 6.30. The quantitative estimate of drug-likeness (QED) is 0.159. The molecule has 2 aromatic carbocycles. The molecule has 3 amide bonds. The van der Waals surface area contributed by atoms with E-state index in [1.54, 1.807) is 63.8 Å². The van der Waals surface area contributed by atoms with E-state index >= 15 is 0 Å². The molecule has 0 saturated carbocycles. The van der Waals surface area contributed by atoms with Crippen molar-refractivity contribution in [3.8, 4) is 68.5 Å². The van der Waals surface area contributed by atoms with Gasteiger partial charge in [0.15, 0.2) is 0 Å². The molecule has 8 heterocycles. The number of carbonyl (C=O) groups excluding carboxylic acids is 3. The predicted octanol–water partition coefficient (Wildman–Crippen LogP) is 7.58. The Kier molecular flexibility index (Phi) is 15.1. The highest BCUT2D eigenvalue weighted by atomic mass is 35.5. The number of hydrogen-bond acceptors (Lipinski definition) is 10. The monoisotopic (exact) mass is 994 g/mol. The van der Waals surface area contributed by atoms with Crippen LogP contribution in [0.3, 0.4) is 0 Å². The Labute approximate surface area is 421 Å². The molecule has 4 aromatic heterocycles. The normalized spacial score (nSPS) is 16.5. The van der Waals surface area contributed by atoms with Crippen LogP contribution in [-0.4, -0.2) is 131 Å². The Morgan fingerprint density at radius 2 is 1.31 bits per heavy atom. The number of likely N-dealkylation sites (tertiary alicyclic amines) is 1. The number of aromatic nitrogens is 6. The molecule has 0 spiro atoms. The van der Waals surface area contributed by atoms with Gasteiger partial charge in [-0.15, -0.1) is 0 Å². The van der Waals surface area contributed by atoms with Crippen LogP contribution in [0.25, 0.3) is 44.8 Å². The molecular formula is C54H53ClF2N10O5. The third-order valence-corrected chi connectivity index (χ3v) is 12.8. The summed E-state index contributed by atoms with van der Waals surface area (Å²) in [5.74, 6) is 10.3. The van der Waals surface area contributed by atoms with Gasteiger partial charge in [-0.05, 0) is 123 Å². The number of halogens is 3. The Bertz CT molecular complexity index is 3080. The van der Waals surface area contributed by atoms with Crippen molar-refractivity contribution in [3.05, 3.63) is 120 Å². The Hall–Kier alpha value is -7.44.